The van der Waals surface area contributed by atoms with Gasteiger partial charge in [-0.3, -0.25) is 4.90 Å². The van der Waals surface area contributed by atoms with Gasteiger partial charge in [-0.1, -0.05) is 0 Å². The Morgan fingerprint density at radius 1 is 1.65 bits per heavy atom. The molecule has 1 aliphatic heterocycles. The summed E-state index contributed by atoms with van der Waals surface area (Å²) in [6.45, 7) is 5.25. The maximum atomic E-state index is 5.97. The van der Waals surface area contributed by atoms with Gasteiger partial charge < -0.3 is 10.5 Å². The summed E-state index contributed by atoms with van der Waals surface area (Å²) in [6.07, 6.45) is 2.22. The van der Waals surface area contributed by atoms with Crippen LogP contribution in [0.4, 0.5) is 0 Å². The largest absolute Gasteiger partial charge is 0.379 e. The van der Waals surface area contributed by atoms with Gasteiger partial charge in [0.05, 0.1) is 23.4 Å². The minimum Gasteiger partial charge on any atom is -0.379 e. The molecule has 1 saturated heterocycles. The van der Waals surface area contributed by atoms with Gasteiger partial charge in [-0.25, -0.2) is 4.98 Å². The van der Waals surface area contributed by atoms with Crippen molar-refractivity contribution in [3.8, 4) is 0 Å². The molecule has 0 radical (unpaired) electrons. The average molecular weight is 255 g/mol. The third kappa shape index (κ3) is 2.68. The zero-order valence-corrected chi connectivity index (χ0v) is 11.4. The zero-order valence-electron chi connectivity index (χ0n) is 10.6. The SMILES string of the molecule is Cc1ncsc1CN(C)C1(CN)CCCOC1. The molecule has 2 heterocycles. The first-order valence-corrected chi connectivity index (χ1v) is 6.94. The summed E-state index contributed by atoms with van der Waals surface area (Å²) in [4.78, 5) is 7.96. The Labute approximate surface area is 107 Å². The van der Waals surface area contributed by atoms with Crippen molar-refractivity contribution in [2.75, 3.05) is 26.8 Å². The number of nitrogens with two attached hydrogens (primary N) is 1. The van der Waals surface area contributed by atoms with Crippen molar-refractivity contribution in [2.45, 2.75) is 31.8 Å². The lowest BCUT2D eigenvalue weighted by Crippen LogP contribution is -2.56. The van der Waals surface area contributed by atoms with Gasteiger partial charge in [0.1, 0.15) is 0 Å². The van der Waals surface area contributed by atoms with Crippen LogP contribution < -0.4 is 5.73 Å². The number of aromatic nitrogens is 1. The molecule has 1 aliphatic rings. The molecule has 2 N–H and O–H groups in total. The molecule has 0 aromatic carbocycles. The fraction of sp³-hybridized carbons (Fsp3) is 0.750. The molecule has 2 rings (SSSR count). The van der Waals surface area contributed by atoms with E-state index < -0.39 is 0 Å². The van der Waals surface area contributed by atoms with E-state index in [4.69, 9.17) is 10.5 Å². The lowest BCUT2D eigenvalue weighted by Gasteiger charge is -2.43. The summed E-state index contributed by atoms with van der Waals surface area (Å²) in [5.74, 6) is 0. The third-order valence-corrected chi connectivity index (χ3v) is 4.64. The van der Waals surface area contributed by atoms with Crippen LogP contribution in [0.2, 0.25) is 0 Å². The lowest BCUT2D eigenvalue weighted by atomic mass is 9.90. The minimum atomic E-state index is 0.00861. The van der Waals surface area contributed by atoms with Crippen LogP contribution in [0.3, 0.4) is 0 Å². The predicted octanol–water partition coefficient (Wildman–Crippen LogP) is 1.39. The molecular weight excluding hydrogens is 234 g/mol. The second-order valence-electron chi connectivity index (χ2n) is 4.80. The van der Waals surface area contributed by atoms with Gasteiger partial charge in [0.15, 0.2) is 0 Å². The highest BCUT2D eigenvalue weighted by atomic mass is 32.1. The fourth-order valence-corrected chi connectivity index (χ4v) is 3.15. The highest BCUT2D eigenvalue weighted by molar-refractivity contribution is 7.09. The van der Waals surface area contributed by atoms with Gasteiger partial charge in [0, 0.05) is 24.6 Å². The average Bonchev–Trinajstić information content (AvgIpc) is 2.76. The number of rotatable bonds is 4. The molecule has 1 aromatic rings. The number of likely N-dealkylation sites (N-methyl/N-ethyl adjacent to an activating group) is 1. The molecule has 0 aliphatic carbocycles. The van der Waals surface area contributed by atoms with Gasteiger partial charge in [0.2, 0.25) is 0 Å². The van der Waals surface area contributed by atoms with E-state index in [2.05, 4.69) is 23.9 Å². The van der Waals surface area contributed by atoms with E-state index >= 15 is 0 Å². The summed E-state index contributed by atoms with van der Waals surface area (Å²) in [7, 11) is 2.14. The van der Waals surface area contributed by atoms with Crippen molar-refractivity contribution < 1.29 is 4.74 Å². The molecule has 0 bridgehead atoms. The van der Waals surface area contributed by atoms with E-state index in [1.165, 1.54) is 4.88 Å². The highest BCUT2D eigenvalue weighted by Crippen LogP contribution is 2.27. The van der Waals surface area contributed by atoms with Crippen LogP contribution in [0.15, 0.2) is 5.51 Å². The number of aryl methyl sites for hydroxylation is 1. The fourth-order valence-electron chi connectivity index (χ4n) is 2.32. The van der Waals surface area contributed by atoms with Crippen LogP contribution in [-0.4, -0.2) is 42.2 Å². The standard InChI is InChI=1S/C12H21N3OS/c1-10-11(17-9-14-10)6-15(2)12(7-13)4-3-5-16-8-12/h9H,3-8,13H2,1-2H3. The predicted molar refractivity (Wildman–Crippen MR) is 70.2 cm³/mol. The first-order chi connectivity index (χ1) is 8.18. The molecule has 0 spiro atoms. The van der Waals surface area contributed by atoms with Crippen molar-refractivity contribution in [3.63, 3.8) is 0 Å². The molecule has 5 heteroatoms. The zero-order chi connectivity index (χ0) is 12.3. The lowest BCUT2D eigenvalue weighted by molar-refractivity contribution is -0.0372. The molecule has 4 nitrogen and oxygen atoms in total. The number of hydrogen-bond acceptors (Lipinski definition) is 5. The third-order valence-electron chi connectivity index (χ3n) is 3.72. The van der Waals surface area contributed by atoms with Gasteiger partial charge in [-0.05, 0) is 26.8 Å². The van der Waals surface area contributed by atoms with E-state index in [1.807, 2.05) is 5.51 Å². The molecule has 0 saturated carbocycles. The molecular formula is C12H21N3OS. The van der Waals surface area contributed by atoms with Gasteiger partial charge in [0.25, 0.3) is 0 Å². The highest BCUT2D eigenvalue weighted by Gasteiger charge is 2.35. The van der Waals surface area contributed by atoms with Crippen molar-refractivity contribution in [2.24, 2.45) is 5.73 Å². The van der Waals surface area contributed by atoms with Crippen LogP contribution in [0, 0.1) is 6.92 Å². The monoisotopic (exact) mass is 255 g/mol. The van der Waals surface area contributed by atoms with E-state index in [9.17, 15) is 0 Å². The molecule has 17 heavy (non-hydrogen) atoms. The Morgan fingerprint density at radius 2 is 2.47 bits per heavy atom. The molecule has 96 valence electrons. The van der Waals surface area contributed by atoms with Crippen molar-refractivity contribution >= 4 is 11.3 Å². The quantitative estimate of drug-likeness (QED) is 0.883. The van der Waals surface area contributed by atoms with Crippen molar-refractivity contribution in [3.05, 3.63) is 16.1 Å². The number of hydrogen-bond donors (Lipinski definition) is 1. The van der Waals surface area contributed by atoms with E-state index in [0.717, 1.165) is 38.3 Å². The van der Waals surface area contributed by atoms with Crippen LogP contribution in [0.5, 0.6) is 0 Å². The Balaban J connectivity index is 2.07. The van der Waals surface area contributed by atoms with Crippen molar-refractivity contribution in [1.82, 2.24) is 9.88 Å². The summed E-state index contributed by atoms with van der Waals surface area (Å²) in [6, 6.07) is 0. The van der Waals surface area contributed by atoms with E-state index in [0.29, 0.717) is 6.54 Å². The number of nitrogens with zero attached hydrogens (tertiary/aromatic N) is 2. The van der Waals surface area contributed by atoms with E-state index in [-0.39, 0.29) is 5.54 Å². The summed E-state index contributed by atoms with van der Waals surface area (Å²) < 4.78 is 5.61. The Hall–Kier alpha value is -0.490. The van der Waals surface area contributed by atoms with E-state index in [1.54, 1.807) is 11.3 Å². The maximum absolute atomic E-state index is 5.97. The van der Waals surface area contributed by atoms with Crippen LogP contribution in [0.1, 0.15) is 23.4 Å². The van der Waals surface area contributed by atoms with Crippen LogP contribution in [0.25, 0.3) is 0 Å². The van der Waals surface area contributed by atoms with Gasteiger partial charge >= 0.3 is 0 Å². The maximum Gasteiger partial charge on any atom is 0.0798 e. The van der Waals surface area contributed by atoms with Gasteiger partial charge in [-0.15, -0.1) is 11.3 Å². The second-order valence-corrected chi connectivity index (χ2v) is 5.74. The molecule has 1 unspecified atom stereocenters. The summed E-state index contributed by atoms with van der Waals surface area (Å²) >= 11 is 1.72. The molecule has 0 amide bonds. The normalized spacial score (nSPS) is 25.4. The summed E-state index contributed by atoms with van der Waals surface area (Å²) in [5, 5.41) is 0. The molecule has 1 atom stereocenters. The first kappa shape index (κ1) is 13.0. The smallest absolute Gasteiger partial charge is 0.0798 e. The van der Waals surface area contributed by atoms with Crippen LogP contribution >= 0.6 is 11.3 Å². The topological polar surface area (TPSA) is 51.4 Å². The minimum absolute atomic E-state index is 0.00861. The summed E-state index contributed by atoms with van der Waals surface area (Å²) in [5.41, 5.74) is 9.02. The second kappa shape index (κ2) is 5.44. The number of thiazole rings is 1. The molecule has 1 aromatic heterocycles. The number of ether oxygens (including phenoxy) is 1. The Morgan fingerprint density at radius 3 is 3.00 bits per heavy atom. The Kier molecular flexibility index (Phi) is 4.14. The van der Waals surface area contributed by atoms with Crippen molar-refractivity contribution in [1.29, 1.82) is 0 Å². The van der Waals surface area contributed by atoms with Gasteiger partial charge in [-0.2, -0.15) is 0 Å². The first-order valence-electron chi connectivity index (χ1n) is 6.06. The van der Waals surface area contributed by atoms with Crippen LogP contribution in [-0.2, 0) is 11.3 Å². The Bertz CT molecular complexity index is 360. The molecule has 1 fully saturated rings.